The highest BCUT2D eigenvalue weighted by molar-refractivity contribution is 6.67. The van der Waals surface area contributed by atoms with E-state index in [-0.39, 0.29) is 5.38 Å². The number of rotatable bonds is 3. The number of hydrogen-bond donors (Lipinski definition) is 0. The Balaban J connectivity index is 3.72. The lowest BCUT2D eigenvalue weighted by molar-refractivity contribution is 0.889. The maximum Gasteiger partial charge on any atom is 0.113 e. The summed E-state index contributed by atoms with van der Waals surface area (Å²) in [6.07, 6.45) is 2.38. The highest BCUT2D eigenvalue weighted by atomic mass is 35.5. The topological polar surface area (TPSA) is 0 Å². The minimum absolute atomic E-state index is 0.190. The van der Waals surface area contributed by atoms with Gasteiger partial charge in [0.05, 0.1) is 15.6 Å². The van der Waals surface area contributed by atoms with Gasteiger partial charge in [0.25, 0.3) is 0 Å². The summed E-state index contributed by atoms with van der Waals surface area (Å²) in [7, 11) is 0.677. The molecule has 0 nitrogen and oxygen atoms in total. The van der Waals surface area contributed by atoms with Gasteiger partial charge in [-0.1, -0.05) is 6.08 Å². The fourth-order valence-corrected chi connectivity index (χ4v) is 0.893. The fraction of sp³-hybridized carbons (Fsp3) is 0.600. The molecule has 0 bridgehead atoms. The van der Waals surface area contributed by atoms with Crippen LogP contribution in [-0.4, -0.2) is 19.6 Å². The molecule has 0 spiro atoms. The Labute approximate surface area is 73.6 Å². The predicted molar refractivity (Wildman–Crippen MR) is 48.8 cm³/mol. The van der Waals surface area contributed by atoms with Crippen LogP contribution in [0, 0.1) is 0 Å². The second-order valence-corrected chi connectivity index (χ2v) is 7.08. The molecule has 0 aliphatic rings. The second kappa shape index (κ2) is 3.87. The standard InChI is InChI=1S/C5H9Cl3Si/c1-2-3-4(6)5(7,8)9/h2,4H,1,3H2,9H3. The van der Waals surface area contributed by atoms with Crippen LogP contribution < -0.4 is 0 Å². The lowest BCUT2D eigenvalue weighted by atomic mass is 10.3. The third kappa shape index (κ3) is 4.26. The average molecular weight is 204 g/mol. The Hall–Kier alpha value is 0.827. The van der Waals surface area contributed by atoms with E-state index >= 15 is 0 Å². The summed E-state index contributed by atoms with van der Waals surface area (Å²) < 4.78 is -0.713. The molecular formula is C5H9Cl3Si. The van der Waals surface area contributed by atoms with Crippen molar-refractivity contribution in [1.29, 1.82) is 0 Å². The molecule has 0 aliphatic heterocycles. The molecule has 0 aliphatic carbocycles. The smallest absolute Gasteiger partial charge is 0.113 e. The number of hydrogen-bond acceptors (Lipinski definition) is 0. The first-order valence-electron chi connectivity index (χ1n) is 2.61. The van der Waals surface area contributed by atoms with Crippen molar-refractivity contribution in [3.63, 3.8) is 0 Å². The molecule has 9 heavy (non-hydrogen) atoms. The van der Waals surface area contributed by atoms with Crippen molar-refractivity contribution in [1.82, 2.24) is 0 Å². The van der Waals surface area contributed by atoms with E-state index in [9.17, 15) is 0 Å². The Bertz CT molecular complexity index is 96.9. The molecule has 0 aromatic carbocycles. The molecule has 0 aromatic rings. The van der Waals surface area contributed by atoms with Gasteiger partial charge in [0.2, 0.25) is 0 Å². The molecule has 0 N–H and O–H groups in total. The third-order valence-electron chi connectivity index (χ3n) is 0.924. The Morgan fingerprint density at radius 1 is 1.67 bits per heavy atom. The minimum Gasteiger partial charge on any atom is -0.120 e. The molecule has 0 heterocycles. The van der Waals surface area contributed by atoms with Gasteiger partial charge < -0.3 is 0 Å². The molecule has 0 fully saturated rings. The van der Waals surface area contributed by atoms with E-state index in [0.29, 0.717) is 16.7 Å². The molecule has 0 radical (unpaired) electrons. The molecule has 0 amide bonds. The van der Waals surface area contributed by atoms with Gasteiger partial charge >= 0.3 is 0 Å². The monoisotopic (exact) mass is 202 g/mol. The van der Waals surface area contributed by atoms with Crippen LogP contribution in [0.3, 0.4) is 0 Å². The van der Waals surface area contributed by atoms with Crippen LogP contribution in [0.15, 0.2) is 12.7 Å². The van der Waals surface area contributed by atoms with Crippen LogP contribution in [0.1, 0.15) is 6.42 Å². The average Bonchev–Trinajstić information content (AvgIpc) is 1.64. The fourth-order valence-electron chi connectivity index (χ4n) is 0.353. The van der Waals surface area contributed by atoms with Gasteiger partial charge in [-0.15, -0.1) is 41.4 Å². The summed E-state index contributed by atoms with van der Waals surface area (Å²) in [4.78, 5) is 0. The molecular weight excluding hydrogens is 194 g/mol. The summed E-state index contributed by atoms with van der Waals surface area (Å²) in [5, 5.41) is -0.190. The van der Waals surface area contributed by atoms with E-state index < -0.39 is 3.96 Å². The van der Waals surface area contributed by atoms with Crippen molar-refractivity contribution in [2.45, 2.75) is 15.8 Å². The largest absolute Gasteiger partial charge is 0.120 e. The zero-order chi connectivity index (χ0) is 7.49. The van der Waals surface area contributed by atoms with Gasteiger partial charge in [-0.3, -0.25) is 0 Å². The minimum atomic E-state index is -0.713. The van der Waals surface area contributed by atoms with Gasteiger partial charge in [0.15, 0.2) is 0 Å². The number of alkyl halides is 3. The first-order chi connectivity index (χ1) is 3.98. The van der Waals surface area contributed by atoms with Crippen LogP contribution in [-0.2, 0) is 0 Å². The van der Waals surface area contributed by atoms with Crippen LogP contribution in [0.5, 0.6) is 0 Å². The SMILES string of the molecule is C=CCC(Cl)C([SiH3])(Cl)Cl. The molecule has 0 saturated carbocycles. The van der Waals surface area contributed by atoms with Crippen molar-refractivity contribution >= 4 is 45.0 Å². The predicted octanol–water partition coefficient (Wildman–Crippen LogP) is 1.67. The Morgan fingerprint density at radius 2 is 2.11 bits per heavy atom. The molecule has 1 unspecified atom stereocenters. The quantitative estimate of drug-likeness (QED) is 0.372. The highest BCUT2D eigenvalue weighted by Crippen LogP contribution is 2.27. The first-order valence-corrected chi connectivity index (χ1v) is 4.80. The molecule has 1 atom stereocenters. The number of allylic oxidation sites excluding steroid dienone is 1. The van der Waals surface area contributed by atoms with Crippen LogP contribution in [0.2, 0.25) is 0 Å². The van der Waals surface area contributed by atoms with Crippen LogP contribution in [0.25, 0.3) is 0 Å². The van der Waals surface area contributed by atoms with Gasteiger partial charge in [0, 0.05) is 0 Å². The number of halogens is 3. The van der Waals surface area contributed by atoms with Gasteiger partial charge in [0.1, 0.15) is 3.96 Å². The van der Waals surface area contributed by atoms with Gasteiger partial charge in [-0.25, -0.2) is 0 Å². The van der Waals surface area contributed by atoms with Crippen molar-refractivity contribution in [2.24, 2.45) is 0 Å². The summed E-state index contributed by atoms with van der Waals surface area (Å²) in [6, 6.07) is 0. The summed E-state index contributed by atoms with van der Waals surface area (Å²) in [6.45, 7) is 3.53. The van der Waals surface area contributed by atoms with E-state index in [1.807, 2.05) is 0 Å². The summed E-state index contributed by atoms with van der Waals surface area (Å²) in [5.74, 6) is 0. The van der Waals surface area contributed by atoms with Crippen molar-refractivity contribution < 1.29 is 0 Å². The Morgan fingerprint density at radius 3 is 2.22 bits per heavy atom. The molecule has 0 rings (SSSR count). The zero-order valence-corrected chi connectivity index (χ0v) is 9.47. The van der Waals surface area contributed by atoms with E-state index in [1.165, 1.54) is 0 Å². The summed E-state index contributed by atoms with van der Waals surface area (Å²) >= 11 is 17.2. The normalized spacial score (nSPS) is 15.4. The van der Waals surface area contributed by atoms with Crippen molar-refractivity contribution in [3.8, 4) is 0 Å². The summed E-state index contributed by atoms with van der Waals surface area (Å²) in [5.41, 5.74) is 0. The van der Waals surface area contributed by atoms with Gasteiger partial charge in [-0.2, -0.15) is 0 Å². The molecule has 4 heteroatoms. The maximum atomic E-state index is 5.76. The lowest BCUT2D eigenvalue weighted by Crippen LogP contribution is -2.25. The van der Waals surface area contributed by atoms with Crippen LogP contribution in [0.4, 0.5) is 0 Å². The molecule has 54 valence electrons. The maximum absolute atomic E-state index is 5.76. The van der Waals surface area contributed by atoms with Crippen molar-refractivity contribution in [2.75, 3.05) is 0 Å². The third-order valence-corrected chi connectivity index (χ3v) is 3.35. The Kier molecular flexibility index (Phi) is 4.22. The van der Waals surface area contributed by atoms with E-state index in [2.05, 4.69) is 6.58 Å². The molecule has 0 aromatic heterocycles. The molecule has 0 saturated heterocycles. The van der Waals surface area contributed by atoms with E-state index in [0.717, 1.165) is 0 Å². The van der Waals surface area contributed by atoms with Crippen molar-refractivity contribution in [3.05, 3.63) is 12.7 Å². The van der Waals surface area contributed by atoms with E-state index in [1.54, 1.807) is 6.08 Å². The highest BCUT2D eigenvalue weighted by Gasteiger charge is 2.25. The van der Waals surface area contributed by atoms with E-state index in [4.69, 9.17) is 34.8 Å². The zero-order valence-electron chi connectivity index (χ0n) is 5.20. The lowest BCUT2D eigenvalue weighted by Gasteiger charge is -2.18. The second-order valence-electron chi connectivity index (χ2n) is 1.95. The van der Waals surface area contributed by atoms with Gasteiger partial charge in [-0.05, 0) is 6.42 Å². The van der Waals surface area contributed by atoms with Crippen LogP contribution >= 0.6 is 34.8 Å². The first kappa shape index (κ1) is 9.83.